The van der Waals surface area contributed by atoms with Crippen molar-refractivity contribution < 1.29 is 23.9 Å². The number of H-pyrrole nitrogens is 1. The molecule has 34 heavy (non-hydrogen) atoms. The maximum atomic E-state index is 12.7. The number of aromatic nitrogens is 3. The fourth-order valence-corrected chi connectivity index (χ4v) is 4.92. The molecule has 11 nitrogen and oxygen atoms in total. The van der Waals surface area contributed by atoms with E-state index in [0.29, 0.717) is 52.5 Å². The number of carbonyl (C=O) groups is 3. The van der Waals surface area contributed by atoms with E-state index in [4.69, 9.17) is 21.1 Å². The number of hydrogen-bond donors (Lipinski definition) is 3. The van der Waals surface area contributed by atoms with Gasteiger partial charge in [0.1, 0.15) is 11.4 Å². The van der Waals surface area contributed by atoms with Crippen molar-refractivity contribution in [1.82, 2.24) is 25.6 Å². The van der Waals surface area contributed by atoms with Crippen LogP contribution in [0.15, 0.2) is 0 Å². The quantitative estimate of drug-likeness (QED) is 0.431. The Hall–Kier alpha value is -2.70. The summed E-state index contributed by atoms with van der Waals surface area (Å²) in [6.07, 6.45) is 0.968. The number of esters is 1. The summed E-state index contributed by atoms with van der Waals surface area (Å²) in [4.78, 5) is 50.7. The van der Waals surface area contributed by atoms with Gasteiger partial charge in [0.25, 0.3) is 11.8 Å². The van der Waals surface area contributed by atoms with Crippen molar-refractivity contribution in [2.45, 2.75) is 45.8 Å². The van der Waals surface area contributed by atoms with Gasteiger partial charge in [0.05, 0.1) is 30.1 Å². The van der Waals surface area contributed by atoms with Gasteiger partial charge >= 0.3 is 5.97 Å². The molecule has 3 heterocycles. The molecular weight excluding hydrogens is 484 g/mol. The van der Waals surface area contributed by atoms with Crippen LogP contribution in [0.1, 0.15) is 51.9 Å². The summed E-state index contributed by atoms with van der Waals surface area (Å²) in [6.45, 7) is 6.53. The Kier molecular flexibility index (Phi) is 8.86. The van der Waals surface area contributed by atoms with E-state index >= 15 is 0 Å². The number of carbonyl (C=O) groups excluding carboxylic acids is 3. The van der Waals surface area contributed by atoms with E-state index < -0.39 is 5.97 Å². The molecule has 0 radical (unpaired) electrons. The molecule has 13 heteroatoms. The number of imidazole rings is 1. The molecule has 0 spiro atoms. The molecule has 186 valence electrons. The standard InChI is InChI=1S/C21H29ClN6O5S/c1-5-12-17(22)27-18(25-12)20(31)26-13-7-8-28(10-14(13)32-4)21-24-11(3)16(34-21)19(30)23-9-15(29)33-6-2/h13-14H,5-10H2,1-4H3,(H,23,30)(H,25,27)(H,26,31)/t13-,14+/m1/s1. The molecule has 2 aromatic heterocycles. The molecule has 1 fully saturated rings. The number of anilines is 1. The summed E-state index contributed by atoms with van der Waals surface area (Å²) in [7, 11) is 1.59. The van der Waals surface area contributed by atoms with Gasteiger partial charge in [0, 0.05) is 20.2 Å². The molecule has 1 aliphatic heterocycles. The lowest BCUT2D eigenvalue weighted by molar-refractivity contribution is -0.141. The number of piperidine rings is 1. The molecule has 2 aromatic rings. The third kappa shape index (κ3) is 6.05. The van der Waals surface area contributed by atoms with Crippen molar-refractivity contribution in [1.29, 1.82) is 0 Å². The van der Waals surface area contributed by atoms with Gasteiger partial charge in [-0.2, -0.15) is 0 Å². The molecule has 1 aliphatic rings. The normalized spacial score (nSPS) is 18.0. The van der Waals surface area contributed by atoms with E-state index in [2.05, 4.69) is 25.6 Å². The second-order valence-electron chi connectivity index (χ2n) is 7.70. The molecule has 0 bridgehead atoms. The van der Waals surface area contributed by atoms with Gasteiger partial charge in [-0.15, -0.1) is 0 Å². The van der Waals surface area contributed by atoms with Crippen LogP contribution in [0.4, 0.5) is 5.13 Å². The van der Waals surface area contributed by atoms with Gasteiger partial charge in [0.15, 0.2) is 16.1 Å². The molecular formula is C21H29ClN6O5S. The van der Waals surface area contributed by atoms with E-state index in [0.717, 1.165) is 0 Å². The minimum Gasteiger partial charge on any atom is -0.465 e. The van der Waals surface area contributed by atoms with Crippen molar-refractivity contribution in [2.75, 3.05) is 38.3 Å². The number of thiazole rings is 1. The summed E-state index contributed by atoms with van der Waals surface area (Å²) in [6, 6.07) is -0.226. The zero-order valence-electron chi connectivity index (χ0n) is 19.6. The Morgan fingerprint density at radius 2 is 2.03 bits per heavy atom. The molecule has 0 aliphatic carbocycles. The number of aromatic amines is 1. The number of amides is 2. The number of rotatable bonds is 9. The van der Waals surface area contributed by atoms with Crippen LogP contribution in [0.25, 0.3) is 0 Å². The largest absolute Gasteiger partial charge is 0.465 e. The SMILES string of the molecule is CCOC(=O)CNC(=O)c1sc(N2CC[C@@H](NC(=O)c3nc(Cl)c(CC)[nH]3)[C@@H](OC)C2)nc1C. The summed E-state index contributed by atoms with van der Waals surface area (Å²) >= 11 is 7.30. The first-order valence-electron chi connectivity index (χ1n) is 11.0. The number of hydrogen-bond acceptors (Lipinski definition) is 9. The van der Waals surface area contributed by atoms with Gasteiger partial charge in [-0.05, 0) is 26.7 Å². The van der Waals surface area contributed by atoms with Crippen molar-refractivity contribution in [2.24, 2.45) is 0 Å². The number of methoxy groups -OCH3 is 1. The fourth-order valence-electron chi connectivity index (χ4n) is 3.63. The topological polar surface area (TPSA) is 139 Å². The van der Waals surface area contributed by atoms with Gasteiger partial charge < -0.3 is 30.0 Å². The average Bonchev–Trinajstić information content (AvgIpc) is 3.40. The van der Waals surface area contributed by atoms with Gasteiger partial charge in [0.2, 0.25) is 0 Å². The number of aryl methyl sites for hydroxylation is 2. The summed E-state index contributed by atoms with van der Waals surface area (Å²) in [5, 5.41) is 6.51. The van der Waals surface area contributed by atoms with Crippen LogP contribution >= 0.6 is 22.9 Å². The second-order valence-corrected chi connectivity index (χ2v) is 9.03. The van der Waals surface area contributed by atoms with Gasteiger partial charge in [-0.25, -0.2) is 9.97 Å². The summed E-state index contributed by atoms with van der Waals surface area (Å²) < 4.78 is 10.5. The Bertz CT molecular complexity index is 1040. The molecule has 3 rings (SSSR count). The van der Waals surface area contributed by atoms with Crippen molar-refractivity contribution in [3.05, 3.63) is 27.2 Å². The third-order valence-electron chi connectivity index (χ3n) is 5.44. The van der Waals surface area contributed by atoms with Crippen LogP contribution in [0.3, 0.4) is 0 Å². The summed E-state index contributed by atoms with van der Waals surface area (Å²) in [5.41, 5.74) is 1.29. The highest BCUT2D eigenvalue weighted by Gasteiger charge is 2.33. The summed E-state index contributed by atoms with van der Waals surface area (Å²) in [5.74, 6) is -1.03. The maximum Gasteiger partial charge on any atom is 0.325 e. The van der Waals surface area contributed by atoms with Crippen molar-refractivity contribution >= 4 is 45.9 Å². The molecule has 0 aromatic carbocycles. The lowest BCUT2D eigenvalue weighted by Gasteiger charge is -2.37. The third-order valence-corrected chi connectivity index (χ3v) is 6.97. The fraction of sp³-hybridized carbons (Fsp3) is 0.571. The predicted molar refractivity (Wildman–Crippen MR) is 128 cm³/mol. The molecule has 0 unspecified atom stereocenters. The van der Waals surface area contributed by atoms with E-state index in [9.17, 15) is 14.4 Å². The lowest BCUT2D eigenvalue weighted by atomic mass is 10.0. The zero-order valence-corrected chi connectivity index (χ0v) is 21.1. The molecule has 3 N–H and O–H groups in total. The Morgan fingerprint density at radius 3 is 2.68 bits per heavy atom. The van der Waals surface area contributed by atoms with Crippen LogP contribution in [0, 0.1) is 6.92 Å². The number of halogens is 1. The molecule has 2 atom stereocenters. The number of nitrogens with zero attached hydrogens (tertiary/aromatic N) is 3. The lowest BCUT2D eigenvalue weighted by Crippen LogP contribution is -2.55. The van der Waals surface area contributed by atoms with Gasteiger partial charge in [-0.1, -0.05) is 29.9 Å². The second kappa shape index (κ2) is 11.6. The van der Waals surface area contributed by atoms with Gasteiger partial charge in [-0.3, -0.25) is 14.4 Å². The van der Waals surface area contributed by atoms with E-state index in [1.54, 1.807) is 21.0 Å². The average molecular weight is 513 g/mol. The minimum atomic E-state index is -0.493. The maximum absolute atomic E-state index is 12.7. The number of ether oxygens (including phenoxy) is 2. The van der Waals surface area contributed by atoms with Crippen molar-refractivity contribution in [3.63, 3.8) is 0 Å². The van der Waals surface area contributed by atoms with Crippen LogP contribution in [-0.2, 0) is 20.7 Å². The minimum absolute atomic E-state index is 0.174. The first kappa shape index (κ1) is 25.9. The highest BCUT2D eigenvalue weighted by Crippen LogP contribution is 2.29. The highest BCUT2D eigenvalue weighted by atomic mass is 35.5. The molecule has 1 saturated heterocycles. The van der Waals surface area contributed by atoms with E-state index in [1.165, 1.54) is 11.3 Å². The Balaban J connectivity index is 1.62. The Labute approximate surface area is 206 Å². The monoisotopic (exact) mass is 512 g/mol. The van der Waals surface area contributed by atoms with E-state index in [-0.39, 0.29) is 42.9 Å². The highest BCUT2D eigenvalue weighted by molar-refractivity contribution is 7.17. The molecule has 0 saturated carbocycles. The predicted octanol–water partition coefficient (Wildman–Crippen LogP) is 1.71. The first-order valence-corrected chi connectivity index (χ1v) is 12.2. The first-order chi connectivity index (χ1) is 16.3. The van der Waals surface area contributed by atoms with Crippen LogP contribution in [-0.4, -0.2) is 78.2 Å². The number of nitrogens with one attached hydrogen (secondary N) is 3. The zero-order chi connectivity index (χ0) is 24.8. The van der Waals surface area contributed by atoms with Crippen LogP contribution in [0.2, 0.25) is 5.15 Å². The van der Waals surface area contributed by atoms with E-state index in [1.807, 2.05) is 11.8 Å². The van der Waals surface area contributed by atoms with Crippen LogP contribution in [0.5, 0.6) is 0 Å². The smallest absolute Gasteiger partial charge is 0.325 e. The Morgan fingerprint density at radius 1 is 1.26 bits per heavy atom. The van der Waals surface area contributed by atoms with Crippen molar-refractivity contribution in [3.8, 4) is 0 Å². The van der Waals surface area contributed by atoms with Crippen LogP contribution < -0.4 is 15.5 Å². The molecule has 2 amide bonds.